The number of hydrogen-bond donors (Lipinski definition) is 1. The van der Waals surface area contributed by atoms with Crippen molar-refractivity contribution in [2.45, 2.75) is 24.5 Å². The van der Waals surface area contributed by atoms with Gasteiger partial charge in [-0.25, -0.2) is 17.8 Å². The van der Waals surface area contributed by atoms with Crippen LogP contribution in [0.3, 0.4) is 0 Å². The molecule has 31 heavy (non-hydrogen) atoms. The molecule has 9 heteroatoms. The average molecular weight is 445 g/mol. The molecule has 1 aromatic carbocycles. The van der Waals surface area contributed by atoms with E-state index in [9.17, 15) is 8.42 Å². The molecular weight excluding hydrogens is 419 g/mol. The first kappa shape index (κ1) is 20.3. The highest BCUT2D eigenvalue weighted by Gasteiger charge is 2.29. The minimum absolute atomic E-state index is 0.316. The second kappa shape index (κ2) is 7.49. The lowest BCUT2D eigenvalue weighted by Crippen LogP contribution is -2.33. The smallest absolute Gasteiger partial charge is 0.235 e. The van der Waals surface area contributed by atoms with Gasteiger partial charge in [0.05, 0.1) is 16.3 Å². The summed E-state index contributed by atoms with van der Waals surface area (Å²) in [5.74, 6) is -0.316. The summed E-state index contributed by atoms with van der Waals surface area (Å²) in [4.78, 5) is 6.53. The van der Waals surface area contributed by atoms with Crippen LogP contribution in [0.25, 0.3) is 22.2 Å². The Bertz CT molecular complexity index is 1270. The Morgan fingerprint density at radius 3 is 2.74 bits per heavy atom. The molecule has 3 aromatic rings. The van der Waals surface area contributed by atoms with Crippen LogP contribution in [0.15, 0.2) is 30.6 Å². The lowest BCUT2D eigenvalue weighted by molar-refractivity contribution is 0.0984. The van der Waals surface area contributed by atoms with E-state index in [1.807, 2.05) is 26.4 Å². The molecule has 1 N–H and O–H groups in total. The summed E-state index contributed by atoms with van der Waals surface area (Å²) in [5.41, 5.74) is 4.06. The molecule has 0 unspecified atom stereocenters. The van der Waals surface area contributed by atoms with Crippen molar-refractivity contribution >= 4 is 32.4 Å². The zero-order valence-electron chi connectivity index (χ0n) is 17.6. The number of ether oxygens (including phenoxy) is 1. The Hall–Kier alpha value is -2.65. The fourth-order valence-electron chi connectivity index (χ4n) is 4.59. The number of aryl methyl sites for hydroxylation is 1. The van der Waals surface area contributed by atoms with Gasteiger partial charge in [0, 0.05) is 63.1 Å². The summed E-state index contributed by atoms with van der Waals surface area (Å²) in [7, 11) is 0.203. The summed E-state index contributed by atoms with van der Waals surface area (Å²) in [6.07, 6.45) is 5.11. The van der Waals surface area contributed by atoms with Crippen LogP contribution in [0.2, 0.25) is 0 Å². The zero-order chi connectivity index (χ0) is 21.8. The largest absolute Gasteiger partial charge is 0.381 e. The molecule has 2 aliphatic heterocycles. The van der Waals surface area contributed by atoms with Crippen molar-refractivity contribution in [1.82, 2.24) is 9.55 Å². The topological polar surface area (TPSA) is 76.5 Å². The SMILES string of the molecule is CN1CCc2cc(F)c(-c3cn(C)c4nccc(NS(=O)(=O)C5CCOCC5)c34)cc21. The first-order valence-electron chi connectivity index (χ1n) is 10.4. The predicted octanol–water partition coefficient (Wildman–Crippen LogP) is 3.29. The van der Waals surface area contributed by atoms with Crippen LogP contribution >= 0.6 is 0 Å². The van der Waals surface area contributed by atoms with Crippen LogP contribution in [-0.2, 0) is 28.2 Å². The Morgan fingerprint density at radius 2 is 1.97 bits per heavy atom. The van der Waals surface area contributed by atoms with Gasteiger partial charge in [-0.2, -0.15) is 0 Å². The molecule has 0 atom stereocenters. The maximum atomic E-state index is 15.2. The Morgan fingerprint density at radius 1 is 1.19 bits per heavy atom. The van der Waals surface area contributed by atoms with Crippen molar-refractivity contribution in [3.8, 4) is 11.1 Å². The van der Waals surface area contributed by atoms with Gasteiger partial charge < -0.3 is 14.2 Å². The van der Waals surface area contributed by atoms with Crippen molar-refractivity contribution < 1.29 is 17.5 Å². The minimum Gasteiger partial charge on any atom is -0.381 e. The summed E-state index contributed by atoms with van der Waals surface area (Å²) in [6.45, 7) is 1.72. The maximum Gasteiger partial charge on any atom is 0.235 e. The highest BCUT2D eigenvalue weighted by Crippen LogP contribution is 2.40. The molecule has 0 bridgehead atoms. The van der Waals surface area contributed by atoms with Crippen molar-refractivity contribution in [2.75, 3.05) is 36.4 Å². The zero-order valence-corrected chi connectivity index (χ0v) is 18.4. The number of halogens is 1. The van der Waals surface area contributed by atoms with Gasteiger partial charge in [-0.15, -0.1) is 0 Å². The number of benzene rings is 1. The molecule has 0 saturated carbocycles. The van der Waals surface area contributed by atoms with Crippen LogP contribution in [0.4, 0.5) is 15.8 Å². The van der Waals surface area contributed by atoms with Gasteiger partial charge in [0.25, 0.3) is 0 Å². The lowest BCUT2D eigenvalue weighted by atomic mass is 10.0. The Labute approximate surface area is 180 Å². The fourth-order valence-corrected chi connectivity index (χ4v) is 6.05. The molecule has 1 saturated heterocycles. The van der Waals surface area contributed by atoms with E-state index in [0.717, 1.165) is 24.2 Å². The minimum atomic E-state index is -3.61. The number of likely N-dealkylation sites (N-methyl/N-ethyl adjacent to an activating group) is 1. The van der Waals surface area contributed by atoms with Crippen molar-refractivity contribution in [1.29, 1.82) is 0 Å². The number of nitrogens with one attached hydrogen (secondary N) is 1. The van der Waals surface area contributed by atoms with Crippen LogP contribution in [0, 0.1) is 5.82 Å². The number of fused-ring (bicyclic) bond motifs is 2. The summed E-state index contributed by atoms with van der Waals surface area (Å²) in [6, 6.07) is 5.09. The molecule has 2 aromatic heterocycles. The van der Waals surface area contributed by atoms with E-state index in [1.54, 1.807) is 22.9 Å². The third-order valence-electron chi connectivity index (χ3n) is 6.30. The van der Waals surface area contributed by atoms with Gasteiger partial charge >= 0.3 is 0 Å². The number of anilines is 2. The van der Waals surface area contributed by atoms with Gasteiger partial charge in [-0.1, -0.05) is 0 Å². The number of hydrogen-bond acceptors (Lipinski definition) is 5. The van der Waals surface area contributed by atoms with E-state index < -0.39 is 15.3 Å². The summed E-state index contributed by atoms with van der Waals surface area (Å²) >= 11 is 0. The summed E-state index contributed by atoms with van der Waals surface area (Å²) in [5, 5.41) is 0.0853. The second-order valence-corrected chi connectivity index (χ2v) is 10.3. The second-order valence-electron chi connectivity index (χ2n) is 8.30. The summed E-state index contributed by atoms with van der Waals surface area (Å²) < 4.78 is 51.1. The van der Waals surface area contributed by atoms with Crippen LogP contribution in [0.5, 0.6) is 0 Å². The number of nitrogens with zero attached hydrogens (tertiary/aromatic N) is 3. The number of rotatable bonds is 4. The van der Waals surface area contributed by atoms with Gasteiger partial charge in [-0.05, 0) is 43.0 Å². The standard InChI is InChI=1S/C22H25FN4O3S/c1-26-8-4-14-11-18(23)16(12-20(14)26)17-13-27(2)22-21(17)19(3-7-24-22)25-31(28,29)15-5-9-30-10-6-15/h3,7,11-13,15H,4-6,8-10H2,1-2H3,(H,24,25). The van der Waals surface area contributed by atoms with Gasteiger partial charge in [-0.3, -0.25) is 4.72 Å². The molecule has 0 radical (unpaired) electrons. The molecular formula is C22H25FN4O3S. The highest BCUT2D eigenvalue weighted by atomic mass is 32.2. The number of sulfonamides is 1. The first-order valence-corrected chi connectivity index (χ1v) is 12.0. The van der Waals surface area contributed by atoms with Crippen molar-refractivity contribution in [2.24, 2.45) is 7.05 Å². The van der Waals surface area contributed by atoms with Gasteiger partial charge in [0.2, 0.25) is 10.0 Å². The molecule has 0 spiro atoms. The highest BCUT2D eigenvalue weighted by molar-refractivity contribution is 7.93. The molecule has 0 amide bonds. The van der Waals surface area contributed by atoms with Gasteiger partial charge in [0.15, 0.2) is 0 Å². The van der Waals surface area contributed by atoms with Gasteiger partial charge in [0.1, 0.15) is 11.5 Å². The average Bonchev–Trinajstić information content (AvgIpc) is 3.28. The molecule has 7 nitrogen and oxygen atoms in total. The predicted molar refractivity (Wildman–Crippen MR) is 119 cm³/mol. The monoisotopic (exact) mass is 444 g/mol. The van der Waals surface area contributed by atoms with E-state index >= 15 is 4.39 Å². The normalized spacial score (nSPS) is 17.3. The maximum absolute atomic E-state index is 15.2. The third-order valence-corrected chi connectivity index (χ3v) is 8.16. The third kappa shape index (κ3) is 3.45. The van der Waals surface area contributed by atoms with Crippen molar-refractivity contribution in [3.05, 3.63) is 42.0 Å². The van der Waals surface area contributed by atoms with E-state index in [1.165, 1.54) is 0 Å². The molecule has 4 heterocycles. The quantitative estimate of drug-likeness (QED) is 0.668. The van der Waals surface area contributed by atoms with Crippen molar-refractivity contribution in [3.63, 3.8) is 0 Å². The number of pyridine rings is 1. The number of aromatic nitrogens is 2. The van der Waals surface area contributed by atoms with Crippen LogP contribution < -0.4 is 9.62 Å². The Balaban J connectivity index is 1.64. The van der Waals surface area contributed by atoms with E-state index in [0.29, 0.717) is 53.9 Å². The van der Waals surface area contributed by atoms with Crippen LogP contribution in [0.1, 0.15) is 18.4 Å². The fraction of sp³-hybridized carbons (Fsp3) is 0.409. The van der Waals surface area contributed by atoms with E-state index in [-0.39, 0.29) is 5.82 Å². The van der Waals surface area contributed by atoms with E-state index in [2.05, 4.69) is 14.6 Å². The first-order chi connectivity index (χ1) is 14.8. The molecule has 1 fully saturated rings. The lowest BCUT2D eigenvalue weighted by Gasteiger charge is -2.23. The molecule has 2 aliphatic rings. The Kier molecular flexibility index (Phi) is 4.90. The molecule has 164 valence electrons. The van der Waals surface area contributed by atoms with E-state index in [4.69, 9.17) is 4.74 Å². The molecule has 0 aliphatic carbocycles. The molecule has 5 rings (SSSR count). The van der Waals surface area contributed by atoms with Crippen LogP contribution in [-0.4, -0.2) is 50.0 Å².